The van der Waals surface area contributed by atoms with Crippen LogP contribution >= 0.6 is 34.7 Å². The first kappa shape index (κ1) is 9.82. The number of aromatic nitrogens is 3. The molecule has 2 aromatic rings. The van der Waals surface area contributed by atoms with Gasteiger partial charge in [-0.05, 0) is 6.92 Å². The van der Waals surface area contributed by atoms with Gasteiger partial charge in [-0.25, -0.2) is 4.98 Å². The lowest BCUT2D eigenvalue weighted by Gasteiger charge is -2.00. The predicted octanol–water partition coefficient (Wildman–Crippen LogP) is 2.57. The first-order chi connectivity index (χ1) is 6.77. The average Bonchev–Trinajstić information content (AvgIpc) is 2.72. The van der Waals surface area contributed by atoms with Crippen LogP contribution in [0.15, 0.2) is 5.51 Å². The van der Waals surface area contributed by atoms with E-state index in [1.807, 2.05) is 12.4 Å². The van der Waals surface area contributed by atoms with E-state index in [-0.39, 0.29) is 0 Å². The van der Waals surface area contributed by atoms with E-state index in [2.05, 4.69) is 19.0 Å². The second kappa shape index (κ2) is 4.20. The van der Waals surface area contributed by atoms with Crippen LogP contribution in [0, 0.1) is 6.92 Å². The number of nitrogens with zero attached hydrogens (tertiary/aromatic N) is 3. The van der Waals surface area contributed by atoms with Gasteiger partial charge in [0.2, 0.25) is 0 Å². The van der Waals surface area contributed by atoms with Crippen LogP contribution in [0.2, 0.25) is 5.15 Å². The Morgan fingerprint density at radius 2 is 2.36 bits per heavy atom. The Morgan fingerprint density at radius 1 is 1.50 bits per heavy atom. The van der Waals surface area contributed by atoms with Crippen molar-refractivity contribution in [3.05, 3.63) is 21.2 Å². The van der Waals surface area contributed by atoms with Gasteiger partial charge in [0.05, 0.1) is 29.5 Å². The van der Waals surface area contributed by atoms with Gasteiger partial charge in [-0.15, -0.1) is 11.3 Å². The summed E-state index contributed by atoms with van der Waals surface area (Å²) < 4.78 is 7.88. The average molecular weight is 247 g/mol. The van der Waals surface area contributed by atoms with Gasteiger partial charge < -0.3 is 5.32 Å². The van der Waals surface area contributed by atoms with Crippen LogP contribution in [0.4, 0.5) is 5.82 Å². The van der Waals surface area contributed by atoms with Gasteiger partial charge >= 0.3 is 0 Å². The first-order valence-corrected chi connectivity index (χ1v) is 5.87. The van der Waals surface area contributed by atoms with E-state index in [1.54, 1.807) is 11.3 Å². The van der Waals surface area contributed by atoms with Gasteiger partial charge in [-0.1, -0.05) is 11.6 Å². The Balaban J connectivity index is 2.02. The third-order valence-corrected chi connectivity index (χ3v) is 3.54. The lowest BCUT2D eigenvalue weighted by molar-refractivity contribution is 1.11. The molecule has 0 saturated heterocycles. The zero-order valence-electron chi connectivity index (χ0n) is 7.32. The van der Waals surface area contributed by atoms with Crippen molar-refractivity contribution in [1.82, 2.24) is 13.7 Å². The second-order valence-electron chi connectivity index (χ2n) is 2.62. The van der Waals surface area contributed by atoms with Gasteiger partial charge in [0, 0.05) is 4.88 Å². The molecule has 2 heterocycles. The molecule has 2 rings (SSSR count). The van der Waals surface area contributed by atoms with E-state index in [0.29, 0.717) is 17.5 Å². The summed E-state index contributed by atoms with van der Waals surface area (Å²) in [7, 11) is 0. The molecule has 2 aromatic heterocycles. The summed E-state index contributed by atoms with van der Waals surface area (Å²) in [5.74, 6) is 0.643. The maximum absolute atomic E-state index is 5.78. The van der Waals surface area contributed by atoms with E-state index >= 15 is 0 Å². The monoisotopic (exact) mass is 246 g/mol. The normalized spacial score (nSPS) is 10.4. The van der Waals surface area contributed by atoms with E-state index < -0.39 is 0 Å². The van der Waals surface area contributed by atoms with Crippen molar-refractivity contribution in [2.75, 3.05) is 5.32 Å². The highest BCUT2D eigenvalue weighted by Gasteiger charge is 2.06. The summed E-state index contributed by atoms with van der Waals surface area (Å²) in [4.78, 5) is 5.34. The minimum Gasteiger partial charge on any atom is -0.362 e. The fraction of sp³-hybridized carbons (Fsp3) is 0.286. The number of halogens is 1. The standard InChI is InChI=1S/C7H7ClN4S2/c1-4-5(13-3-10-4)2-9-7-6(8)11-14-12-7/h3H,2H2,1H3,(H,9,12). The molecule has 0 aliphatic heterocycles. The summed E-state index contributed by atoms with van der Waals surface area (Å²) in [5.41, 5.74) is 2.87. The Kier molecular flexibility index (Phi) is 2.95. The molecule has 0 aromatic carbocycles. The number of anilines is 1. The van der Waals surface area contributed by atoms with Crippen molar-refractivity contribution in [2.45, 2.75) is 13.5 Å². The topological polar surface area (TPSA) is 50.7 Å². The number of hydrogen-bond acceptors (Lipinski definition) is 6. The van der Waals surface area contributed by atoms with Crippen LogP contribution in [0.25, 0.3) is 0 Å². The molecule has 14 heavy (non-hydrogen) atoms. The maximum Gasteiger partial charge on any atom is 0.186 e. The van der Waals surface area contributed by atoms with Crippen molar-refractivity contribution >= 4 is 40.5 Å². The summed E-state index contributed by atoms with van der Waals surface area (Å²) in [6, 6.07) is 0. The Bertz CT molecular complexity index is 385. The zero-order chi connectivity index (χ0) is 9.97. The summed E-state index contributed by atoms with van der Waals surface area (Å²) >= 11 is 8.50. The third-order valence-electron chi connectivity index (χ3n) is 1.71. The predicted molar refractivity (Wildman–Crippen MR) is 59.1 cm³/mol. The number of rotatable bonds is 3. The summed E-state index contributed by atoms with van der Waals surface area (Å²) in [6.07, 6.45) is 0. The van der Waals surface area contributed by atoms with Gasteiger partial charge in [0.1, 0.15) is 0 Å². The van der Waals surface area contributed by atoms with Crippen LogP contribution in [-0.2, 0) is 6.54 Å². The van der Waals surface area contributed by atoms with Crippen molar-refractivity contribution in [1.29, 1.82) is 0 Å². The van der Waals surface area contributed by atoms with Gasteiger partial charge in [-0.3, -0.25) is 0 Å². The molecule has 0 radical (unpaired) electrons. The second-order valence-corrected chi connectivity index (χ2v) is 4.44. The molecule has 0 saturated carbocycles. The minimum absolute atomic E-state index is 0.428. The highest BCUT2D eigenvalue weighted by molar-refractivity contribution is 7.09. The van der Waals surface area contributed by atoms with Gasteiger partial charge in [0.15, 0.2) is 11.0 Å². The molecule has 0 spiro atoms. The quantitative estimate of drug-likeness (QED) is 0.905. The number of nitrogens with one attached hydrogen (secondary N) is 1. The largest absolute Gasteiger partial charge is 0.362 e. The van der Waals surface area contributed by atoms with Crippen LogP contribution in [0.3, 0.4) is 0 Å². The van der Waals surface area contributed by atoms with Crippen LogP contribution in [0.1, 0.15) is 10.6 Å². The van der Waals surface area contributed by atoms with Crippen LogP contribution in [-0.4, -0.2) is 13.7 Å². The van der Waals surface area contributed by atoms with Crippen LogP contribution in [0.5, 0.6) is 0 Å². The van der Waals surface area contributed by atoms with Gasteiger partial charge in [-0.2, -0.15) is 8.75 Å². The first-order valence-electron chi connectivity index (χ1n) is 3.88. The summed E-state index contributed by atoms with van der Waals surface area (Å²) in [5, 5.41) is 3.54. The molecule has 0 amide bonds. The molecule has 74 valence electrons. The summed E-state index contributed by atoms with van der Waals surface area (Å²) in [6.45, 7) is 2.68. The number of thiazole rings is 1. The lowest BCUT2D eigenvalue weighted by atomic mass is 10.4. The highest BCUT2D eigenvalue weighted by atomic mass is 35.5. The molecule has 0 unspecified atom stereocenters. The SMILES string of the molecule is Cc1ncsc1CNc1nsnc1Cl. The van der Waals surface area contributed by atoms with Crippen molar-refractivity contribution in [3.63, 3.8) is 0 Å². The van der Waals surface area contributed by atoms with Crippen molar-refractivity contribution < 1.29 is 0 Å². The van der Waals surface area contributed by atoms with Crippen molar-refractivity contribution in [2.24, 2.45) is 0 Å². The molecular weight excluding hydrogens is 240 g/mol. The molecule has 1 N–H and O–H groups in total. The molecule has 0 aliphatic rings. The maximum atomic E-state index is 5.78. The van der Waals surface area contributed by atoms with E-state index in [0.717, 1.165) is 17.4 Å². The molecule has 0 atom stereocenters. The molecule has 4 nitrogen and oxygen atoms in total. The fourth-order valence-electron chi connectivity index (χ4n) is 0.943. The van der Waals surface area contributed by atoms with Crippen LogP contribution < -0.4 is 5.32 Å². The molecule has 0 aliphatic carbocycles. The highest BCUT2D eigenvalue weighted by Crippen LogP contribution is 2.20. The third kappa shape index (κ3) is 2.02. The molecular formula is C7H7ClN4S2. The van der Waals surface area contributed by atoms with E-state index in [9.17, 15) is 0 Å². The smallest absolute Gasteiger partial charge is 0.186 e. The lowest BCUT2D eigenvalue weighted by Crippen LogP contribution is -1.99. The number of hydrogen-bond donors (Lipinski definition) is 1. The zero-order valence-corrected chi connectivity index (χ0v) is 9.71. The minimum atomic E-state index is 0.428. The van der Waals surface area contributed by atoms with Gasteiger partial charge in [0.25, 0.3) is 0 Å². The Labute approximate surface area is 94.3 Å². The fourth-order valence-corrected chi connectivity index (χ4v) is 2.34. The molecule has 0 bridgehead atoms. The molecule has 7 heteroatoms. The molecule has 0 fully saturated rings. The number of aryl methyl sites for hydroxylation is 1. The Hall–Kier alpha value is -0.720. The Morgan fingerprint density at radius 3 is 2.93 bits per heavy atom. The van der Waals surface area contributed by atoms with E-state index in [1.165, 1.54) is 4.88 Å². The van der Waals surface area contributed by atoms with E-state index in [4.69, 9.17) is 11.6 Å². The van der Waals surface area contributed by atoms with Crippen molar-refractivity contribution in [3.8, 4) is 0 Å².